The molecule has 2 heterocycles. The molecule has 0 aliphatic carbocycles. The van der Waals surface area contributed by atoms with E-state index in [1.807, 2.05) is 4.90 Å². The summed E-state index contributed by atoms with van der Waals surface area (Å²) < 4.78 is 11.1. The van der Waals surface area contributed by atoms with E-state index in [1.54, 1.807) is 29.2 Å². The molecule has 2 aliphatic rings. The van der Waals surface area contributed by atoms with E-state index >= 15 is 0 Å². The molecular weight excluding hydrogens is 356 g/mol. The average Bonchev–Trinajstić information content (AvgIpc) is 3.19. The second kappa shape index (κ2) is 9.24. The first-order chi connectivity index (χ1) is 12.6. The standard InChI is InChI=1S/C19H25ClN2O4/c20-15-3-5-17(6-4-15)26-14-19(24)22-11-9-21(10-12-22)18(23)8-7-16-2-1-13-25-16/h3-6,16H,1-2,7-14H2/t16-/m0/s1. The maximum Gasteiger partial charge on any atom is 0.260 e. The molecule has 3 rings (SSSR count). The zero-order valence-electron chi connectivity index (χ0n) is 14.9. The first kappa shape index (κ1) is 19.0. The van der Waals surface area contributed by atoms with Gasteiger partial charge in [0, 0.05) is 44.2 Å². The summed E-state index contributed by atoms with van der Waals surface area (Å²) >= 11 is 5.82. The van der Waals surface area contributed by atoms with Crippen molar-refractivity contribution in [3.63, 3.8) is 0 Å². The summed E-state index contributed by atoms with van der Waals surface area (Å²) in [6, 6.07) is 6.92. The van der Waals surface area contributed by atoms with Crippen molar-refractivity contribution in [3.05, 3.63) is 29.3 Å². The number of nitrogens with zero attached hydrogens (tertiary/aromatic N) is 2. The minimum absolute atomic E-state index is 0.00536. The van der Waals surface area contributed by atoms with Gasteiger partial charge >= 0.3 is 0 Å². The van der Waals surface area contributed by atoms with Gasteiger partial charge in [0.15, 0.2) is 6.61 Å². The monoisotopic (exact) mass is 380 g/mol. The topological polar surface area (TPSA) is 59.1 Å². The van der Waals surface area contributed by atoms with Crippen LogP contribution in [0.5, 0.6) is 5.75 Å². The predicted octanol–water partition coefficient (Wildman–Crippen LogP) is 2.35. The lowest BCUT2D eigenvalue weighted by Crippen LogP contribution is -2.51. The minimum atomic E-state index is -0.0635. The van der Waals surface area contributed by atoms with Crippen LogP contribution >= 0.6 is 11.6 Å². The highest BCUT2D eigenvalue weighted by molar-refractivity contribution is 6.30. The van der Waals surface area contributed by atoms with E-state index in [4.69, 9.17) is 21.1 Å². The molecule has 1 atom stereocenters. The van der Waals surface area contributed by atoms with Crippen molar-refractivity contribution in [3.8, 4) is 5.75 Å². The zero-order chi connectivity index (χ0) is 18.4. The van der Waals surface area contributed by atoms with Crippen LogP contribution in [0.3, 0.4) is 0 Å². The lowest BCUT2D eigenvalue weighted by molar-refractivity contribution is -0.141. The van der Waals surface area contributed by atoms with E-state index in [0.717, 1.165) is 25.9 Å². The fourth-order valence-corrected chi connectivity index (χ4v) is 3.41. The molecule has 2 saturated heterocycles. The number of carbonyl (C=O) groups excluding carboxylic acids is 2. The molecule has 6 nitrogen and oxygen atoms in total. The van der Waals surface area contributed by atoms with Gasteiger partial charge in [-0.25, -0.2) is 0 Å². The number of hydrogen-bond donors (Lipinski definition) is 0. The Hall–Kier alpha value is -1.79. The number of hydrogen-bond acceptors (Lipinski definition) is 4. The van der Waals surface area contributed by atoms with Crippen molar-refractivity contribution < 1.29 is 19.1 Å². The van der Waals surface area contributed by atoms with Crippen LogP contribution < -0.4 is 4.74 Å². The maximum absolute atomic E-state index is 12.3. The van der Waals surface area contributed by atoms with Gasteiger partial charge in [0.05, 0.1) is 6.10 Å². The molecule has 1 aromatic carbocycles. The second-order valence-electron chi connectivity index (χ2n) is 6.68. The molecule has 2 amide bonds. The van der Waals surface area contributed by atoms with Crippen molar-refractivity contribution in [1.29, 1.82) is 0 Å². The van der Waals surface area contributed by atoms with Crippen LogP contribution in [0.25, 0.3) is 0 Å². The summed E-state index contributed by atoms with van der Waals surface area (Å²) in [5.74, 6) is 0.710. The van der Waals surface area contributed by atoms with Crippen LogP contribution in [0.4, 0.5) is 0 Å². The van der Waals surface area contributed by atoms with Crippen LogP contribution in [-0.2, 0) is 14.3 Å². The molecule has 1 aromatic rings. The lowest BCUT2D eigenvalue weighted by Gasteiger charge is -2.35. The third kappa shape index (κ3) is 5.35. The van der Waals surface area contributed by atoms with Crippen molar-refractivity contribution >= 4 is 23.4 Å². The van der Waals surface area contributed by atoms with Crippen LogP contribution in [0.2, 0.25) is 5.02 Å². The van der Waals surface area contributed by atoms with E-state index in [0.29, 0.717) is 43.4 Å². The predicted molar refractivity (Wildman–Crippen MR) is 98.3 cm³/mol. The number of piperazine rings is 1. The van der Waals surface area contributed by atoms with Gasteiger partial charge in [0.1, 0.15) is 5.75 Å². The summed E-state index contributed by atoms with van der Waals surface area (Å²) in [6.45, 7) is 3.07. The van der Waals surface area contributed by atoms with E-state index in [2.05, 4.69) is 0 Å². The molecule has 26 heavy (non-hydrogen) atoms. The quantitative estimate of drug-likeness (QED) is 0.760. The van der Waals surface area contributed by atoms with Crippen LogP contribution in [-0.4, -0.2) is 67.1 Å². The van der Waals surface area contributed by atoms with Crippen molar-refractivity contribution in [1.82, 2.24) is 9.80 Å². The summed E-state index contributed by atoms with van der Waals surface area (Å²) in [7, 11) is 0. The highest BCUT2D eigenvalue weighted by atomic mass is 35.5. The summed E-state index contributed by atoms with van der Waals surface area (Å²) in [4.78, 5) is 28.2. The van der Waals surface area contributed by atoms with Crippen molar-refractivity contribution in [2.45, 2.75) is 31.8 Å². The molecule has 0 spiro atoms. The van der Waals surface area contributed by atoms with Gasteiger partial charge in [-0.3, -0.25) is 9.59 Å². The number of ether oxygens (including phenoxy) is 2. The Labute approximate surface area is 159 Å². The third-order valence-electron chi connectivity index (χ3n) is 4.87. The maximum atomic E-state index is 12.3. The third-order valence-corrected chi connectivity index (χ3v) is 5.12. The molecule has 2 aliphatic heterocycles. The molecule has 7 heteroatoms. The number of halogens is 1. The minimum Gasteiger partial charge on any atom is -0.484 e. The zero-order valence-corrected chi connectivity index (χ0v) is 15.6. The van der Waals surface area contributed by atoms with E-state index in [-0.39, 0.29) is 24.5 Å². The Bertz CT molecular complexity index is 608. The molecular formula is C19H25ClN2O4. The van der Waals surface area contributed by atoms with Gasteiger partial charge in [-0.1, -0.05) is 11.6 Å². The molecule has 0 radical (unpaired) electrons. The number of amides is 2. The SMILES string of the molecule is O=C(CC[C@@H]1CCCO1)N1CCN(C(=O)COc2ccc(Cl)cc2)CC1. The smallest absolute Gasteiger partial charge is 0.260 e. The number of carbonyl (C=O) groups is 2. The molecule has 0 bridgehead atoms. The Morgan fingerprint density at radius 1 is 1.08 bits per heavy atom. The Morgan fingerprint density at radius 3 is 2.35 bits per heavy atom. The second-order valence-corrected chi connectivity index (χ2v) is 7.11. The van der Waals surface area contributed by atoms with E-state index in [9.17, 15) is 9.59 Å². The molecule has 142 valence electrons. The summed E-state index contributed by atoms with van der Waals surface area (Å²) in [6.07, 6.45) is 3.72. The van der Waals surface area contributed by atoms with Gasteiger partial charge in [-0.2, -0.15) is 0 Å². The van der Waals surface area contributed by atoms with Gasteiger partial charge in [-0.15, -0.1) is 0 Å². The van der Waals surface area contributed by atoms with Crippen LogP contribution in [0.1, 0.15) is 25.7 Å². The molecule has 0 aromatic heterocycles. The molecule has 0 unspecified atom stereocenters. The Kier molecular flexibility index (Phi) is 6.74. The molecule has 2 fully saturated rings. The highest BCUT2D eigenvalue weighted by Crippen LogP contribution is 2.18. The van der Waals surface area contributed by atoms with Gasteiger partial charge in [-0.05, 0) is 43.5 Å². The summed E-state index contributed by atoms with van der Waals surface area (Å²) in [5, 5.41) is 0.629. The Morgan fingerprint density at radius 2 is 1.73 bits per heavy atom. The van der Waals surface area contributed by atoms with Gasteiger partial charge < -0.3 is 19.3 Å². The molecule has 0 saturated carbocycles. The number of benzene rings is 1. The normalized spacial score (nSPS) is 20.3. The van der Waals surface area contributed by atoms with Crippen LogP contribution in [0, 0.1) is 0 Å². The largest absolute Gasteiger partial charge is 0.484 e. The van der Waals surface area contributed by atoms with Crippen molar-refractivity contribution in [2.24, 2.45) is 0 Å². The summed E-state index contributed by atoms with van der Waals surface area (Å²) in [5.41, 5.74) is 0. The van der Waals surface area contributed by atoms with Crippen molar-refractivity contribution in [2.75, 3.05) is 39.4 Å². The first-order valence-corrected chi connectivity index (χ1v) is 9.55. The van der Waals surface area contributed by atoms with E-state index < -0.39 is 0 Å². The van der Waals surface area contributed by atoms with E-state index in [1.165, 1.54) is 0 Å². The van der Waals surface area contributed by atoms with Gasteiger partial charge in [0.25, 0.3) is 5.91 Å². The fraction of sp³-hybridized carbons (Fsp3) is 0.579. The highest BCUT2D eigenvalue weighted by Gasteiger charge is 2.25. The molecule has 0 N–H and O–H groups in total. The van der Waals surface area contributed by atoms with Crippen LogP contribution in [0.15, 0.2) is 24.3 Å². The lowest BCUT2D eigenvalue weighted by atomic mass is 10.1. The average molecular weight is 381 g/mol. The fourth-order valence-electron chi connectivity index (χ4n) is 3.29. The van der Waals surface area contributed by atoms with Gasteiger partial charge in [0.2, 0.25) is 5.91 Å². The number of rotatable bonds is 6. The first-order valence-electron chi connectivity index (χ1n) is 9.17. The Balaban J connectivity index is 1.36.